The van der Waals surface area contributed by atoms with E-state index in [-0.39, 0.29) is 5.96 Å². The minimum Gasteiger partial charge on any atom is -0.370 e. The van der Waals surface area contributed by atoms with E-state index < -0.39 is 5.79 Å². The van der Waals surface area contributed by atoms with Crippen LogP contribution in [-0.4, -0.2) is 27.9 Å². The predicted molar refractivity (Wildman–Crippen MR) is 66.4 cm³/mol. The molecule has 0 bridgehead atoms. The molecule has 5 N–H and O–H groups in total. The molecule has 0 saturated carbocycles. The lowest BCUT2D eigenvalue weighted by molar-refractivity contribution is 0.450. The zero-order valence-corrected chi connectivity index (χ0v) is 9.80. The van der Waals surface area contributed by atoms with Gasteiger partial charge in [-0.05, 0) is 12.5 Å². The molecular weight excluding hydrogens is 218 g/mol. The van der Waals surface area contributed by atoms with Crippen LogP contribution >= 0.6 is 0 Å². The molecule has 1 atom stereocenters. The number of aliphatic imine (C=N–C) groups is 2. The van der Waals surface area contributed by atoms with Crippen molar-refractivity contribution in [3.63, 3.8) is 0 Å². The Morgan fingerprint density at radius 3 is 3.06 bits per heavy atom. The summed E-state index contributed by atoms with van der Waals surface area (Å²) in [6.45, 7) is 3.00. The molecule has 0 aromatic carbocycles. The Labute approximate surface area is 99.6 Å². The summed E-state index contributed by atoms with van der Waals surface area (Å²) in [5, 5.41) is 7.08. The Kier molecular flexibility index (Phi) is 3.10. The summed E-state index contributed by atoms with van der Waals surface area (Å²) in [5.74, 6) is -0.767. The van der Waals surface area contributed by atoms with Crippen molar-refractivity contribution in [2.24, 2.45) is 21.5 Å². The molecule has 0 fully saturated rings. The fraction of sp³-hybridized carbons (Fsp3) is 0.500. The molecule has 2 rings (SSSR count). The molecule has 1 aromatic rings. The molecular formula is C10H17N7. The van der Waals surface area contributed by atoms with Crippen molar-refractivity contribution < 1.29 is 0 Å². The van der Waals surface area contributed by atoms with Crippen LogP contribution in [0.3, 0.4) is 0 Å². The van der Waals surface area contributed by atoms with Gasteiger partial charge in [-0.15, -0.1) is 0 Å². The van der Waals surface area contributed by atoms with E-state index in [4.69, 9.17) is 11.5 Å². The van der Waals surface area contributed by atoms with Crippen LogP contribution in [0.2, 0.25) is 0 Å². The molecule has 0 radical (unpaired) electrons. The van der Waals surface area contributed by atoms with Gasteiger partial charge in [-0.3, -0.25) is 10.4 Å². The standard InChI is InChI=1S/C10H17N7/c1-2-4-17-5-3-8(16-17)6-10(12)14-7-13-9(11)15-10/h3,5,7H,2,4,6,12H2,1H3,(H3,11,13,14,15). The van der Waals surface area contributed by atoms with Crippen molar-refractivity contribution in [2.45, 2.75) is 32.1 Å². The van der Waals surface area contributed by atoms with Crippen LogP contribution < -0.4 is 16.8 Å². The van der Waals surface area contributed by atoms with Crippen LogP contribution in [-0.2, 0) is 13.0 Å². The lowest BCUT2D eigenvalue weighted by atomic mass is 10.2. The summed E-state index contributed by atoms with van der Waals surface area (Å²) < 4.78 is 1.89. The number of hydrogen-bond donors (Lipinski definition) is 3. The topological polar surface area (TPSA) is 107 Å². The van der Waals surface area contributed by atoms with E-state index in [1.165, 1.54) is 6.34 Å². The molecule has 0 amide bonds. The van der Waals surface area contributed by atoms with Gasteiger partial charge in [0.15, 0.2) is 5.96 Å². The highest BCUT2D eigenvalue weighted by Gasteiger charge is 2.26. The molecule has 92 valence electrons. The highest BCUT2D eigenvalue weighted by molar-refractivity contribution is 5.90. The normalized spacial score (nSPS) is 23.3. The lowest BCUT2D eigenvalue weighted by Crippen LogP contribution is -2.47. The predicted octanol–water partition coefficient (Wildman–Crippen LogP) is -0.606. The van der Waals surface area contributed by atoms with Gasteiger partial charge in [-0.1, -0.05) is 6.92 Å². The highest BCUT2D eigenvalue weighted by atomic mass is 15.3. The first kappa shape index (κ1) is 11.6. The Morgan fingerprint density at radius 1 is 1.53 bits per heavy atom. The largest absolute Gasteiger partial charge is 0.370 e. The summed E-state index contributed by atoms with van der Waals surface area (Å²) in [6.07, 6.45) is 4.87. The maximum absolute atomic E-state index is 6.01. The van der Waals surface area contributed by atoms with Crippen LogP contribution in [0.5, 0.6) is 0 Å². The second-order valence-corrected chi connectivity index (χ2v) is 4.03. The first-order valence-electron chi connectivity index (χ1n) is 5.58. The van der Waals surface area contributed by atoms with Crippen molar-refractivity contribution >= 4 is 12.3 Å². The number of nitrogens with zero attached hydrogens (tertiary/aromatic N) is 4. The van der Waals surface area contributed by atoms with Crippen LogP contribution in [0, 0.1) is 0 Å². The molecule has 17 heavy (non-hydrogen) atoms. The zero-order chi connectivity index (χ0) is 12.3. The van der Waals surface area contributed by atoms with Gasteiger partial charge in [-0.25, -0.2) is 9.98 Å². The zero-order valence-electron chi connectivity index (χ0n) is 9.80. The van der Waals surface area contributed by atoms with E-state index in [9.17, 15) is 0 Å². The van der Waals surface area contributed by atoms with Gasteiger partial charge in [0.25, 0.3) is 0 Å². The van der Waals surface area contributed by atoms with E-state index in [2.05, 4.69) is 27.3 Å². The van der Waals surface area contributed by atoms with Crippen LogP contribution in [0.4, 0.5) is 0 Å². The van der Waals surface area contributed by atoms with Crippen LogP contribution in [0.25, 0.3) is 0 Å². The van der Waals surface area contributed by atoms with Crippen molar-refractivity contribution in [2.75, 3.05) is 0 Å². The third-order valence-corrected chi connectivity index (χ3v) is 2.40. The second kappa shape index (κ2) is 4.54. The molecule has 1 aliphatic heterocycles. The van der Waals surface area contributed by atoms with E-state index in [1.54, 1.807) is 0 Å². The smallest absolute Gasteiger partial charge is 0.213 e. The molecule has 7 heteroatoms. The molecule has 1 aliphatic rings. The van der Waals surface area contributed by atoms with Gasteiger partial charge >= 0.3 is 0 Å². The van der Waals surface area contributed by atoms with Gasteiger partial charge in [-0.2, -0.15) is 5.10 Å². The quantitative estimate of drug-likeness (QED) is 0.647. The van der Waals surface area contributed by atoms with Crippen LogP contribution in [0.1, 0.15) is 19.0 Å². The Morgan fingerprint density at radius 2 is 2.35 bits per heavy atom. The van der Waals surface area contributed by atoms with Gasteiger partial charge in [0, 0.05) is 12.7 Å². The van der Waals surface area contributed by atoms with Crippen molar-refractivity contribution in [3.8, 4) is 0 Å². The molecule has 0 aliphatic carbocycles. The van der Waals surface area contributed by atoms with E-state index in [0.29, 0.717) is 6.42 Å². The first-order valence-corrected chi connectivity index (χ1v) is 5.58. The number of aromatic nitrogens is 2. The SMILES string of the molecule is CCCn1ccc(CC2(N)N=CNC(N)=N2)n1. The van der Waals surface area contributed by atoms with Crippen LogP contribution in [0.15, 0.2) is 22.2 Å². The Bertz CT molecular complexity index is 447. The number of guanidine groups is 1. The summed E-state index contributed by atoms with van der Waals surface area (Å²) in [6, 6.07) is 1.92. The van der Waals surface area contributed by atoms with Crippen molar-refractivity contribution in [1.82, 2.24) is 15.1 Å². The molecule has 0 saturated heterocycles. The molecule has 2 heterocycles. The average molecular weight is 235 g/mol. The van der Waals surface area contributed by atoms with Crippen molar-refractivity contribution in [1.29, 1.82) is 0 Å². The third-order valence-electron chi connectivity index (χ3n) is 2.40. The number of rotatable bonds is 4. The fourth-order valence-electron chi connectivity index (χ4n) is 1.68. The molecule has 7 nitrogen and oxygen atoms in total. The summed E-state index contributed by atoms with van der Waals surface area (Å²) >= 11 is 0. The monoisotopic (exact) mass is 235 g/mol. The third kappa shape index (κ3) is 2.82. The second-order valence-electron chi connectivity index (χ2n) is 4.03. The number of aryl methyl sites for hydroxylation is 1. The number of nitrogens with two attached hydrogens (primary N) is 2. The minimum absolute atomic E-state index is 0.274. The molecule has 1 unspecified atom stereocenters. The van der Waals surface area contributed by atoms with Gasteiger partial charge < -0.3 is 11.1 Å². The average Bonchev–Trinajstić information content (AvgIpc) is 2.64. The number of nitrogens with one attached hydrogen (secondary N) is 1. The van der Waals surface area contributed by atoms with Gasteiger partial charge in [0.1, 0.15) is 0 Å². The van der Waals surface area contributed by atoms with E-state index in [1.807, 2.05) is 16.9 Å². The lowest BCUT2D eigenvalue weighted by Gasteiger charge is -2.23. The van der Waals surface area contributed by atoms with Crippen molar-refractivity contribution in [3.05, 3.63) is 18.0 Å². The molecule has 1 aromatic heterocycles. The fourth-order valence-corrected chi connectivity index (χ4v) is 1.68. The Balaban J connectivity index is 2.09. The minimum atomic E-state index is -1.04. The first-order chi connectivity index (χ1) is 8.11. The van der Waals surface area contributed by atoms with Gasteiger partial charge in [0.2, 0.25) is 5.79 Å². The van der Waals surface area contributed by atoms with E-state index in [0.717, 1.165) is 18.7 Å². The molecule has 0 spiro atoms. The van der Waals surface area contributed by atoms with E-state index >= 15 is 0 Å². The summed E-state index contributed by atoms with van der Waals surface area (Å²) in [7, 11) is 0. The highest BCUT2D eigenvalue weighted by Crippen LogP contribution is 2.13. The number of hydrogen-bond acceptors (Lipinski definition) is 6. The van der Waals surface area contributed by atoms with Gasteiger partial charge in [0.05, 0.1) is 18.5 Å². The maximum Gasteiger partial charge on any atom is 0.213 e. The summed E-state index contributed by atoms with van der Waals surface area (Å²) in [4.78, 5) is 8.17. The Hall–Kier alpha value is -1.89. The summed E-state index contributed by atoms with van der Waals surface area (Å²) in [5.41, 5.74) is 12.4. The maximum atomic E-state index is 6.01.